The number of hydrogen-bond acceptors (Lipinski definition) is 6. The van der Waals surface area contributed by atoms with Crippen LogP contribution in [0.4, 0.5) is 0 Å². The Morgan fingerprint density at radius 1 is 1.40 bits per heavy atom. The van der Waals surface area contributed by atoms with Crippen molar-refractivity contribution in [3.8, 4) is 0 Å². The van der Waals surface area contributed by atoms with E-state index < -0.39 is 5.97 Å². The van der Waals surface area contributed by atoms with E-state index in [9.17, 15) is 9.59 Å². The Balaban J connectivity index is 2.36. The molecule has 6 heteroatoms. The van der Waals surface area contributed by atoms with Gasteiger partial charge >= 0.3 is 5.97 Å². The van der Waals surface area contributed by atoms with Crippen LogP contribution in [0, 0.1) is 5.92 Å². The van der Waals surface area contributed by atoms with Crippen molar-refractivity contribution in [3.05, 3.63) is 17.5 Å². The van der Waals surface area contributed by atoms with Crippen molar-refractivity contribution >= 4 is 23.5 Å². The molecule has 0 aliphatic heterocycles. The minimum absolute atomic E-state index is 0.0206. The van der Waals surface area contributed by atoms with Crippen LogP contribution in [0.2, 0.25) is 0 Å². The normalized spacial score (nSPS) is 15.3. The molecule has 0 N–H and O–H groups in total. The Hall–Kier alpha value is -1.43. The molecule has 0 saturated heterocycles. The van der Waals surface area contributed by atoms with Crippen LogP contribution in [0.25, 0.3) is 0 Å². The Morgan fingerprint density at radius 2 is 2.10 bits per heavy atom. The zero-order valence-corrected chi connectivity index (χ0v) is 12.5. The molecule has 1 aliphatic carbocycles. The van der Waals surface area contributed by atoms with Gasteiger partial charge < -0.3 is 4.74 Å². The maximum absolute atomic E-state index is 12.5. The minimum Gasteiger partial charge on any atom is -0.462 e. The van der Waals surface area contributed by atoms with Gasteiger partial charge in [0.15, 0.2) is 10.9 Å². The first kappa shape index (κ1) is 15.0. The third kappa shape index (κ3) is 3.17. The first-order valence-corrected chi connectivity index (χ1v) is 8.02. The van der Waals surface area contributed by atoms with Crippen molar-refractivity contribution in [1.29, 1.82) is 0 Å². The summed E-state index contributed by atoms with van der Waals surface area (Å²) in [5.74, 6) is -0.600. The number of hydrogen-bond donors (Lipinski definition) is 0. The summed E-state index contributed by atoms with van der Waals surface area (Å²) in [5, 5.41) is 0.499. The summed E-state index contributed by atoms with van der Waals surface area (Å²) in [7, 11) is 0. The van der Waals surface area contributed by atoms with E-state index in [4.69, 9.17) is 4.74 Å². The molecule has 2 rings (SSSR count). The van der Waals surface area contributed by atoms with E-state index >= 15 is 0 Å². The first-order chi connectivity index (χ1) is 9.67. The fraction of sp³-hybridized carbons (Fsp3) is 0.571. The molecular formula is C14H18N2O3S. The molecule has 0 atom stereocenters. The lowest BCUT2D eigenvalue weighted by atomic mass is 9.97. The van der Waals surface area contributed by atoms with Crippen molar-refractivity contribution < 1.29 is 14.3 Å². The van der Waals surface area contributed by atoms with Crippen LogP contribution in [-0.4, -0.2) is 34.6 Å². The Bertz CT molecular complexity index is 513. The average molecular weight is 294 g/mol. The summed E-state index contributed by atoms with van der Waals surface area (Å²) in [6.45, 7) is 1.99. The van der Waals surface area contributed by atoms with Gasteiger partial charge in [-0.15, -0.1) is 0 Å². The SMILES string of the molecule is CCOC(=O)c1cnc(SC)nc1C(=O)C1CCCC1. The monoisotopic (exact) mass is 294 g/mol. The van der Waals surface area contributed by atoms with Crippen LogP contribution >= 0.6 is 11.8 Å². The van der Waals surface area contributed by atoms with E-state index in [1.165, 1.54) is 18.0 Å². The number of thioether (sulfide) groups is 1. The summed E-state index contributed by atoms with van der Waals surface area (Å²) >= 11 is 1.35. The fourth-order valence-corrected chi connectivity index (χ4v) is 2.73. The predicted octanol–water partition coefficient (Wildman–Crippen LogP) is 2.75. The number of Topliss-reactive ketones (excluding diaryl/α,β-unsaturated/α-hetero) is 1. The lowest BCUT2D eigenvalue weighted by Gasteiger charge is -2.11. The second-order valence-corrected chi connectivity index (χ2v) is 5.46. The fourth-order valence-electron chi connectivity index (χ4n) is 2.39. The van der Waals surface area contributed by atoms with Crippen LogP contribution in [0.5, 0.6) is 0 Å². The van der Waals surface area contributed by atoms with Crippen molar-refractivity contribution in [2.45, 2.75) is 37.8 Å². The third-order valence-corrected chi connectivity index (χ3v) is 3.97. The van der Waals surface area contributed by atoms with Gasteiger partial charge in [-0.1, -0.05) is 24.6 Å². The number of rotatable bonds is 5. The van der Waals surface area contributed by atoms with Crippen molar-refractivity contribution in [2.24, 2.45) is 5.92 Å². The molecule has 0 aromatic carbocycles. The van der Waals surface area contributed by atoms with Gasteiger partial charge in [0.2, 0.25) is 0 Å². The lowest BCUT2D eigenvalue weighted by molar-refractivity contribution is 0.0520. The largest absolute Gasteiger partial charge is 0.462 e. The molecule has 1 aliphatic rings. The van der Waals surface area contributed by atoms with Gasteiger partial charge in [-0.3, -0.25) is 4.79 Å². The smallest absolute Gasteiger partial charge is 0.342 e. The van der Waals surface area contributed by atoms with E-state index in [1.54, 1.807) is 6.92 Å². The molecule has 0 amide bonds. The Morgan fingerprint density at radius 3 is 2.70 bits per heavy atom. The number of esters is 1. The zero-order chi connectivity index (χ0) is 14.5. The van der Waals surface area contributed by atoms with Crippen molar-refractivity contribution in [1.82, 2.24) is 9.97 Å². The van der Waals surface area contributed by atoms with Crippen molar-refractivity contribution in [2.75, 3.05) is 12.9 Å². The van der Waals surface area contributed by atoms with E-state index in [2.05, 4.69) is 9.97 Å². The minimum atomic E-state index is -0.526. The molecule has 1 fully saturated rings. The predicted molar refractivity (Wildman–Crippen MR) is 76.1 cm³/mol. The molecule has 0 spiro atoms. The van der Waals surface area contributed by atoms with Gasteiger partial charge in [0.25, 0.3) is 0 Å². The van der Waals surface area contributed by atoms with E-state index in [-0.39, 0.29) is 29.6 Å². The van der Waals surface area contributed by atoms with Crippen LogP contribution < -0.4 is 0 Å². The highest BCUT2D eigenvalue weighted by Gasteiger charge is 2.29. The number of carbonyl (C=O) groups excluding carboxylic acids is 2. The lowest BCUT2D eigenvalue weighted by Crippen LogP contribution is -2.20. The third-order valence-electron chi connectivity index (χ3n) is 3.40. The highest BCUT2D eigenvalue weighted by atomic mass is 32.2. The summed E-state index contributed by atoms with van der Waals surface area (Å²) in [6.07, 6.45) is 7.11. The molecule has 1 aromatic heterocycles. The van der Waals surface area contributed by atoms with E-state index in [1.807, 2.05) is 6.26 Å². The maximum Gasteiger partial charge on any atom is 0.342 e. The van der Waals surface area contributed by atoms with Gasteiger partial charge in [-0.25, -0.2) is 14.8 Å². The van der Waals surface area contributed by atoms with E-state index in [0.717, 1.165) is 25.7 Å². The number of nitrogens with zero attached hydrogens (tertiary/aromatic N) is 2. The number of ketones is 1. The molecule has 1 heterocycles. The Kier molecular flexibility index (Phi) is 5.11. The molecule has 0 bridgehead atoms. The van der Waals surface area contributed by atoms with Crippen molar-refractivity contribution in [3.63, 3.8) is 0 Å². The van der Waals surface area contributed by atoms with Crippen LogP contribution in [0.15, 0.2) is 11.4 Å². The first-order valence-electron chi connectivity index (χ1n) is 6.79. The van der Waals surface area contributed by atoms with Gasteiger partial charge in [-0.2, -0.15) is 0 Å². The quantitative estimate of drug-likeness (QED) is 0.360. The number of aromatic nitrogens is 2. The summed E-state index contributed by atoms with van der Waals surface area (Å²) in [6, 6.07) is 0. The molecule has 0 unspecified atom stereocenters. The second kappa shape index (κ2) is 6.83. The average Bonchev–Trinajstić information content (AvgIpc) is 3.00. The van der Waals surface area contributed by atoms with Gasteiger partial charge in [0, 0.05) is 12.1 Å². The second-order valence-electron chi connectivity index (χ2n) is 4.69. The van der Waals surface area contributed by atoms with Crippen LogP contribution in [-0.2, 0) is 4.74 Å². The summed E-state index contributed by atoms with van der Waals surface area (Å²) in [5.41, 5.74) is 0.399. The van der Waals surface area contributed by atoms with Gasteiger partial charge in [-0.05, 0) is 26.0 Å². The standard InChI is InChI=1S/C14H18N2O3S/c1-3-19-13(18)10-8-15-14(20-2)16-11(10)12(17)9-6-4-5-7-9/h8-9H,3-7H2,1-2H3. The maximum atomic E-state index is 12.5. The molecule has 1 aromatic rings. The van der Waals surface area contributed by atoms with Crippen LogP contribution in [0.3, 0.4) is 0 Å². The topological polar surface area (TPSA) is 69.2 Å². The van der Waals surface area contributed by atoms with Gasteiger partial charge in [0.05, 0.1) is 6.61 Å². The highest BCUT2D eigenvalue weighted by molar-refractivity contribution is 7.98. The number of carbonyl (C=O) groups is 2. The molecule has 5 nitrogen and oxygen atoms in total. The summed E-state index contributed by atoms with van der Waals surface area (Å²) < 4.78 is 4.98. The molecule has 0 radical (unpaired) electrons. The zero-order valence-electron chi connectivity index (χ0n) is 11.7. The number of ether oxygens (including phenoxy) is 1. The molecule has 108 valence electrons. The molecular weight excluding hydrogens is 276 g/mol. The highest BCUT2D eigenvalue weighted by Crippen LogP contribution is 2.29. The molecule has 1 saturated carbocycles. The Labute approximate surface area is 122 Å². The van der Waals surface area contributed by atoms with E-state index in [0.29, 0.717) is 5.16 Å². The van der Waals surface area contributed by atoms with Crippen LogP contribution in [0.1, 0.15) is 53.5 Å². The van der Waals surface area contributed by atoms with Gasteiger partial charge in [0.1, 0.15) is 11.3 Å². The summed E-state index contributed by atoms with van der Waals surface area (Å²) in [4.78, 5) is 32.8. The molecule has 20 heavy (non-hydrogen) atoms.